The molecule has 2 aliphatic rings. The molecule has 36 heavy (non-hydrogen) atoms. The Balaban J connectivity index is 2.06. The molecule has 206 valence electrons. The van der Waals surface area contributed by atoms with E-state index in [-0.39, 0.29) is 29.7 Å². The topological polar surface area (TPSA) is 138 Å². The highest BCUT2D eigenvalue weighted by molar-refractivity contribution is 8.00. The normalized spacial score (nSPS) is 23.4. The maximum absolute atomic E-state index is 13.8. The van der Waals surface area contributed by atoms with Gasteiger partial charge >= 0.3 is 6.09 Å². The highest BCUT2D eigenvalue weighted by Crippen LogP contribution is 2.33. The monoisotopic (exact) mass is 525 g/mol. The Morgan fingerprint density at radius 3 is 2.31 bits per heavy atom. The van der Waals surface area contributed by atoms with Crippen LogP contribution in [0.1, 0.15) is 80.1 Å². The predicted molar refractivity (Wildman–Crippen MR) is 145 cm³/mol. The van der Waals surface area contributed by atoms with Crippen molar-refractivity contribution in [3.8, 4) is 0 Å². The van der Waals surface area contributed by atoms with Gasteiger partial charge in [0, 0.05) is 23.8 Å². The molecule has 1 heterocycles. The summed E-state index contributed by atoms with van der Waals surface area (Å²) in [6.45, 7) is 12.7. The van der Waals surface area contributed by atoms with Gasteiger partial charge in [-0.2, -0.15) is 11.8 Å². The summed E-state index contributed by atoms with van der Waals surface area (Å²) in [5.41, 5.74) is 5.64. The van der Waals surface area contributed by atoms with Crippen molar-refractivity contribution in [2.45, 2.75) is 103 Å². The van der Waals surface area contributed by atoms with E-state index in [0.717, 1.165) is 37.9 Å². The zero-order chi connectivity index (χ0) is 27.0. The fourth-order valence-electron chi connectivity index (χ4n) is 4.87. The maximum atomic E-state index is 13.8. The molecule has 0 aromatic carbocycles. The summed E-state index contributed by atoms with van der Waals surface area (Å²) in [7, 11) is 0. The summed E-state index contributed by atoms with van der Waals surface area (Å²) >= 11 is 1.64. The molecule has 0 radical (unpaired) electrons. The van der Waals surface area contributed by atoms with Gasteiger partial charge in [-0.15, -0.1) is 0 Å². The average Bonchev–Trinajstić information content (AvgIpc) is 3.29. The lowest BCUT2D eigenvalue weighted by Gasteiger charge is -2.37. The number of ether oxygens (including phenoxy) is 1. The highest BCUT2D eigenvalue weighted by atomic mass is 32.2. The Bertz CT molecular complexity index is 780. The van der Waals surface area contributed by atoms with Gasteiger partial charge in [-0.05, 0) is 83.8 Å². The minimum absolute atomic E-state index is 0.134. The quantitative estimate of drug-likeness (QED) is 0.241. The van der Waals surface area contributed by atoms with Gasteiger partial charge in [0.15, 0.2) is 0 Å². The lowest BCUT2D eigenvalue weighted by atomic mass is 9.81. The van der Waals surface area contributed by atoms with Gasteiger partial charge in [0.1, 0.15) is 12.1 Å². The number of carbonyl (C=O) groups excluding carboxylic acids is 3. The van der Waals surface area contributed by atoms with Crippen molar-refractivity contribution in [1.29, 1.82) is 5.41 Å². The SMILES string of the molecule is CC(C)CSC(C)(C)[C@@H](NC(=O)OC(C)C)C(=O)N1CCC[C@H]1C(=O)NCC1CCC(C(=N)N)CC1. The average molecular weight is 526 g/mol. The number of rotatable bonds is 11. The van der Waals surface area contributed by atoms with Crippen molar-refractivity contribution >= 4 is 35.5 Å². The molecule has 1 aliphatic heterocycles. The largest absolute Gasteiger partial charge is 0.447 e. The number of likely N-dealkylation sites (tertiary alicyclic amines) is 1. The molecule has 1 saturated carbocycles. The Labute approximate surface area is 220 Å². The molecule has 0 aromatic rings. The number of alkyl carbamates (subject to hydrolysis) is 1. The van der Waals surface area contributed by atoms with Crippen molar-refractivity contribution in [2.75, 3.05) is 18.8 Å². The lowest BCUT2D eigenvalue weighted by Crippen LogP contribution is -2.60. The third-order valence-corrected chi connectivity index (χ3v) is 8.84. The molecule has 0 bridgehead atoms. The summed E-state index contributed by atoms with van der Waals surface area (Å²) in [4.78, 5) is 41.1. The summed E-state index contributed by atoms with van der Waals surface area (Å²) in [6.07, 6.45) is 4.06. The zero-order valence-electron chi connectivity index (χ0n) is 22.9. The molecular weight excluding hydrogens is 478 g/mol. The smallest absolute Gasteiger partial charge is 0.408 e. The van der Waals surface area contributed by atoms with Gasteiger partial charge in [-0.3, -0.25) is 15.0 Å². The van der Waals surface area contributed by atoms with Crippen LogP contribution in [0.3, 0.4) is 0 Å². The summed E-state index contributed by atoms with van der Waals surface area (Å²) < 4.78 is 4.70. The number of nitrogens with zero attached hydrogens (tertiary/aromatic N) is 1. The van der Waals surface area contributed by atoms with Crippen LogP contribution in [0.4, 0.5) is 4.79 Å². The molecule has 2 atom stereocenters. The van der Waals surface area contributed by atoms with Gasteiger partial charge < -0.3 is 26.0 Å². The van der Waals surface area contributed by atoms with Gasteiger partial charge in [0.05, 0.1) is 11.9 Å². The molecular formula is C26H47N5O4S. The Hall–Kier alpha value is -1.97. The number of thioether (sulfide) groups is 1. The van der Waals surface area contributed by atoms with Gasteiger partial charge in [0.25, 0.3) is 0 Å². The van der Waals surface area contributed by atoms with E-state index >= 15 is 0 Å². The number of hydrogen-bond donors (Lipinski definition) is 4. The summed E-state index contributed by atoms with van der Waals surface area (Å²) in [5, 5.41) is 13.5. The Kier molecular flexibility index (Phi) is 11.4. The van der Waals surface area contributed by atoms with Gasteiger partial charge in [-0.25, -0.2) is 4.79 Å². The standard InChI is InChI=1S/C26H47N5O4S/c1-16(2)15-36-26(5,6)21(30-25(34)35-17(3)4)24(33)31-13-7-8-20(31)23(32)29-14-18-9-11-19(12-10-18)22(27)28/h16-21H,7-15H2,1-6H3,(H3,27,28)(H,29,32)(H,30,34)/t18?,19?,20-,21-/m0/s1. The Morgan fingerprint density at radius 1 is 1.11 bits per heavy atom. The molecule has 10 heteroatoms. The molecule has 9 nitrogen and oxygen atoms in total. The van der Waals surface area contributed by atoms with Crippen LogP contribution in [0.25, 0.3) is 0 Å². The van der Waals surface area contributed by atoms with Crippen molar-refractivity contribution in [1.82, 2.24) is 15.5 Å². The zero-order valence-corrected chi connectivity index (χ0v) is 23.7. The van der Waals surface area contributed by atoms with E-state index in [2.05, 4.69) is 24.5 Å². The number of amides is 3. The summed E-state index contributed by atoms with van der Waals surface area (Å²) in [5.74, 6) is 1.68. The molecule has 0 unspecified atom stereocenters. The van der Waals surface area contributed by atoms with Crippen LogP contribution >= 0.6 is 11.8 Å². The fraction of sp³-hybridized carbons (Fsp3) is 0.846. The Morgan fingerprint density at radius 2 is 1.75 bits per heavy atom. The van der Waals surface area contributed by atoms with Crippen molar-refractivity contribution in [3.63, 3.8) is 0 Å². The third-order valence-electron chi connectivity index (χ3n) is 7.03. The van der Waals surface area contributed by atoms with E-state index in [1.807, 2.05) is 13.8 Å². The van der Waals surface area contributed by atoms with E-state index in [9.17, 15) is 14.4 Å². The van der Waals surface area contributed by atoms with Crippen LogP contribution in [0.2, 0.25) is 0 Å². The third kappa shape index (κ3) is 8.85. The molecule has 0 spiro atoms. The molecule has 1 aliphatic carbocycles. The summed E-state index contributed by atoms with van der Waals surface area (Å²) in [6, 6.07) is -1.36. The molecule has 1 saturated heterocycles. The number of hydrogen-bond acceptors (Lipinski definition) is 6. The van der Waals surface area contributed by atoms with E-state index in [1.165, 1.54) is 0 Å². The van der Waals surface area contributed by atoms with E-state index in [0.29, 0.717) is 31.3 Å². The van der Waals surface area contributed by atoms with Gasteiger partial charge in [0.2, 0.25) is 11.8 Å². The second kappa shape index (κ2) is 13.5. The minimum atomic E-state index is -0.817. The van der Waals surface area contributed by atoms with Crippen molar-refractivity contribution in [3.05, 3.63) is 0 Å². The maximum Gasteiger partial charge on any atom is 0.408 e. The van der Waals surface area contributed by atoms with E-state index in [4.69, 9.17) is 15.9 Å². The van der Waals surface area contributed by atoms with Crippen LogP contribution in [0, 0.1) is 23.2 Å². The first-order chi connectivity index (χ1) is 16.8. The van der Waals surface area contributed by atoms with Crippen LogP contribution in [0.5, 0.6) is 0 Å². The van der Waals surface area contributed by atoms with Crippen LogP contribution in [0.15, 0.2) is 0 Å². The molecule has 0 aromatic heterocycles. The van der Waals surface area contributed by atoms with Crippen LogP contribution < -0.4 is 16.4 Å². The fourth-order valence-corrected chi connectivity index (χ4v) is 5.96. The predicted octanol–water partition coefficient (Wildman–Crippen LogP) is 3.51. The number of nitrogens with one attached hydrogen (secondary N) is 3. The van der Waals surface area contributed by atoms with Gasteiger partial charge in [-0.1, -0.05) is 13.8 Å². The minimum Gasteiger partial charge on any atom is -0.447 e. The van der Waals surface area contributed by atoms with Crippen LogP contribution in [-0.4, -0.2) is 70.4 Å². The first-order valence-corrected chi connectivity index (χ1v) is 14.3. The van der Waals surface area contributed by atoms with Crippen molar-refractivity contribution in [2.24, 2.45) is 23.5 Å². The molecule has 2 fully saturated rings. The van der Waals surface area contributed by atoms with Crippen molar-refractivity contribution < 1.29 is 19.1 Å². The number of nitrogens with two attached hydrogens (primary N) is 1. The first kappa shape index (κ1) is 30.3. The number of amidine groups is 1. The van der Waals surface area contributed by atoms with E-state index in [1.54, 1.807) is 30.5 Å². The second-order valence-corrected chi connectivity index (χ2v) is 13.1. The lowest BCUT2D eigenvalue weighted by molar-refractivity contribution is -0.140. The highest BCUT2D eigenvalue weighted by Gasteiger charge is 2.44. The first-order valence-electron chi connectivity index (χ1n) is 13.3. The second-order valence-electron chi connectivity index (χ2n) is 11.4. The van der Waals surface area contributed by atoms with Crippen LogP contribution in [-0.2, 0) is 14.3 Å². The number of carbonyl (C=O) groups is 3. The molecule has 2 rings (SSSR count). The van der Waals surface area contributed by atoms with E-state index < -0.39 is 22.9 Å². The molecule has 5 N–H and O–H groups in total. The molecule has 3 amide bonds.